The van der Waals surface area contributed by atoms with E-state index in [0.717, 1.165) is 16.1 Å². The van der Waals surface area contributed by atoms with Crippen LogP contribution in [-0.4, -0.2) is 10.1 Å². The second kappa shape index (κ2) is 3.32. The van der Waals surface area contributed by atoms with E-state index in [2.05, 4.69) is 32.7 Å². The highest BCUT2D eigenvalue weighted by atomic mass is 127. The number of alkyl halides is 1. The van der Waals surface area contributed by atoms with Gasteiger partial charge in [0.05, 0.1) is 4.43 Å². The molecule has 0 atom stereocenters. The van der Waals surface area contributed by atoms with Gasteiger partial charge in [-0.15, -0.1) is 0 Å². The van der Waals surface area contributed by atoms with Gasteiger partial charge in [-0.05, 0) is 0 Å². The fourth-order valence-corrected chi connectivity index (χ4v) is 0.866. The first-order valence-electron chi connectivity index (χ1n) is 3.12. The number of rotatable bonds is 2. The summed E-state index contributed by atoms with van der Waals surface area (Å²) < 4.78 is 5.76. The number of halogens is 1. The summed E-state index contributed by atoms with van der Waals surface area (Å²) in [6.45, 7) is 4.06. The molecule has 0 unspecified atom stereocenters. The molecule has 56 valence electrons. The van der Waals surface area contributed by atoms with Crippen LogP contribution in [0.15, 0.2) is 4.52 Å². The van der Waals surface area contributed by atoms with Gasteiger partial charge in [0, 0.05) is 5.92 Å². The molecule has 1 rings (SSSR count). The second-order valence-corrected chi connectivity index (χ2v) is 3.10. The summed E-state index contributed by atoms with van der Waals surface area (Å²) in [5.74, 6) is 1.85. The van der Waals surface area contributed by atoms with E-state index in [1.807, 2.05) is 13.8 Å². The van der Waals surface area contributed by atoms with E-state index >= 15 is 0 Å². The molecule has 3 nitrogen and oxygen atoms in total. The molecule has 0 saturated heterocycles. The summed E-state index contributed by atoms with van der Waals surface area (Å²) >= 11 is 2.21. The first-order valence-corrected chi connectivity index (χ1v) is 4.65. The number of nitrogens with zero attached hydrogens (tertiary/aromatic N) is 2. The van der Waals surface area contributed by atoms with Crippen LogP contribution in [0.4, 0.5) is 0 Å². The second-order valence-electron chi connectivity index (χ2n) is 2.34. The van der Waals surface area contributed by atoms with Crippen LogP contribution in [-0.2, 0) is 4.43 Å². The first-order chi connectivity index (χ1) is 4.74. The zero-order valence-corrected chi connectivity index (χ0v) is 8.12. The molecular formula is C6H9IN2O. The minimum atomic E-state index is 0.337. The maximum absolute atomic E-state index is 4.95. The van der Waals surface area contributed by atoms with Crippen LogP contribution in [0.1, 0.15) is 31.5 Å². The van der Waals surface area contributed by atoms with Crippen molar-refractivity contribution in [2.45, 2.75) is 24.2 Å². The Labute approximate surface area is 73.3 Å². The molecule has 0 aliphatic carbocycles. The number of hydrogen-bond donors (Lipinski definition) is 0. The zero-order valence-electron chi connectivity index (χ0n) is 5.97. The summed E-state index contributed by atoms with van der Waals surface area (Å²) in [5.41, 5.74) is 0. The summed E-state index contributed by atoms with van der Waals surface area (Å²) in [6.07, 6.45) is 0. The Kier molecular flexibility index (Phi) is 2.64. The lowest BCUT2D eigenvalue weighted by atomic mass is 10.2. The van der Waals surface area contributed by atoms with E-state index in [0.29, 0.717) is 5.92 Å². The predicted molar refractivity (Wildman–Crippen MR) is 46.1 cm³/mol. The van der Waals surface area contributed by atoms with Gasteiger partial charge in [0.2, 0.25) is 5.89 Å². The van der Waals surface area contributed by atoms with Crippen molar-refractivity contribution in [3.8, 4) is 0 Å². The van der Waals surface area contributed by atoms with Gasteiger partial charge in [0.15, 0.2) is 5.82 Å². The summed E-state index contributed by atoms with van der Waals surface area (Å²) in [4.78, 5) is 4.14. The monoisotopic (exact) mass is 252 g/mol. The van der Waals surface area contributed by atoms with Gasteiger partial charge >= 0.3 is 0 Å². The third kappa shape index (κ3) is 1.68. The van der Waals surface area contributed by atoms with Crippen molar-refractivity contribution in [1.82, 2.24) is 10.1 Å². The van der Waals surface area contributed by atoms with Crippen molar-refractivity contribution in [3.05, 3.63) is 11.7 Å². The lowest BCUT2D eigenvalue weighted by Crippen LogP contribution is -1.86. The lowest BCUT2D eigenvalue weighted by Gasteiger charge is -1.91. The molecule has 0 radical (unpaired) electrons. The normalized spacial score (nSPS) is 10.8. The van der Waals surface area contributed by atoms with E-state index in [1.54, 1.807) is 0 Å². The van der Waals surface area contributed by atoms with Crippen LogP contribution in [0, 0.1) is 0 Å². The minimum Gasteiger partial charge on any atom is -0.339 e. The van der Waals surface area contributed by atoms with E-state index in [9.17, 15) is 0 Å². The Hall–Kier alpha value is -0.130. The Morgan fingerprint density at radius 2 is 2.30 bits per heavy atom. The van der Waals surface area contributed by atoms with Crippen LogP contribution in [0.25, 0.3) is 0 Å². The third-order valence-electron chi connectivity index (χ3n) is 1.10. The fraction of sp³-hybridized carbons (Fsp3) is 0.667. The standard InChI is InChI=1S/C6H9IN2O/c1-4(2)6-8-5(3-7)9-10-6/h4H,3H2,1-2H3. The topological polar surface area (TPSA) is 38.9 Å². The van der Waals surface area contributed by atoms with Crippen molar-refractivity contribution >= 4 is 22.6 Å². The maximum Gasteiger partial charge on any atom is 0.229 e. The largest absolute Gasteiger partial charge is 0.339 e. The Bertz CT molecular complexity index is 209. The van der Waals surface area contributed by atoms with Gasteiger partial charge in [-0.25, -0.2) is 0 Å². The molecule has 10 heavy (non-hydrogen) atoms. The van der Waals surface area contributed by atoms with Crippen molar-refractivity contribution in [2.24, 2.45) is 0 Å². The SMILES string of the molecule is CC(C)c1nc(CI)no1. The van der Waals surface area contributed by atoms with Gasteiger partial charge < -0.3 is 4.52 Å². The lowest BCUT2D eigenvalue weighted by molar-refractivity contribution is 0.362. The predicted octanol–water partition coefficient (Wildman–Crippen LogP) is 2.13. The van der Waals surface area contributed by atoms with Crippen LogP contribution in [0.2, 0.25) is 0 Å². The molecule has 0 aliphatic heterocycles. The molecule has 0 saturated carbocycles. The maximum atomic E-state index is 4.95. The Morgan fingerprint density at radius 1 is 1.60 bits per heavy atom. The summed E-state index contributed by atoms with van der Waals surface area (Å²) in [7, 11) is 0. The molecular weight excluding hydrogens is 243 g/mol. The smallest absolute Gasteiger partial charge is 0.229 e. The molecule has 1 aromatic heterocycles. The zero-order chi connectivity index (χ0) is 7.56. The van der Waals surface area contributed by atoms with Gasteiger partial charge in [-0.3, -0.25) is 0 Å². The quantitative estimate of drug-likeness (QED) is 0.597. The first kappa shape index (κ1) is 7.97. The van der Waals surface area contributed by atoms with Crippen LogP contribution in [0.3, 0.4) is 0 Å². The van der Waals surface area contributed by atoms with Crippen molar-refractivity contribution in [2.75, 3.05) is 0 Å². The molecule has 0 N–H and O–H groups in total. The van der Waals surface area contributed by atoms with Gasteiger partial charge in [0.1, 0.15) is 0 Å². The van der Waals surface area contributed by atoms with Crippen LogP contribution >= 0.6 is 22.6 Å². The molecule has 1 heterocycles. The molecule has 4 heteroatoms. The van der Waals surface area contributed by atoms with Crippen molar-refractivity contribution in [3.63, 3.8) is 0 Å². The average molecular weight is 252 g/mol. The van der Waals surface area contributed by atoms with Crippen molar-refractivity contribution in [1.29, 1.82) is 0 Å². The van der Waals surface area contributed by atoms with E-state index in [-0.39, 0.29) is 0 Å². The molecule has 0 bridgehead atoms. The molecule has 0 spiro atoms. The average Bonchev–Trinajstić information content (AvgIpc) is 2.34. The Morgan fingerprint density at radius 3 is 2.60 bits per heavy atom. The van der Waals surface area contributed by atoms with Gasteiger partial charge in [-0.1, -0.05) is 41.6 Å². The minimum absolute atomic E-state index is 0.337. The van der Waals surface area contributed by atoms with Gasteiger partial charge in [-0.2, -0.15) is 4.98 Å². The fourth-order valence-electron chi connectivity index (χ4n) is 0.556. The van der Waals surface area contributed by atoms with Gasteiger partial charge in [0.25, 0.3) is 0 Å². The molecule has 0 amide bonds. The van der Waals surface area contributed by atoms with E-state index in [4.69, 9.17) is 4.52 Å². The molecule has 1 aromatic rings. The van der Waals surface area contributed by atoms with Crippen LogP contribution in [0.5, 0.6) is 0 Å². The number of aromatic nitrogens is 2. The highest BCUT2D eigenvalue weighted by Crippen LogP contribution is 2.11. The Balaban J connectivity index is 2.78. The summed E-state index contributed by atoms with van der Waals surface area (Å²) in [5, 5.41) is 3.76. The molecule has 0 aromatic carbocycles. The van der Waals surface area contributed by atoms with E-state index < -0.39 is 0 Å². The number of hydrogen-bond acceptors (Lipinski definition) is 3. The van der Waals surface area contributed by atoms with Crippen molar-refractivity contribution < 1.29 is 4.52 Å². The molecule has 0 aliphatic rings. The van der Waals surface area contributed by atoms with E-state index in [1.165, 1.54) is 0 Å². The third-order valence-corrected chi connectivity index (χ3v) is 1.78. The highest BCUT2D eigenvalue weighted by molar-refractivity contribution is 14.1. The summed E-state index contributed by atoms with van der Waals surface area (Å²) in [6, 6.07) is 0. The molecule has 0 fully saturated rings. The highest BCUT2D eigenvalue weighted by Gasteiger charge is 2.07. The van der Waals surface area contributed by atoms with Crippen LogP contribution < -0.4 is 0 Å².